The lowest BCUT2D eigenvalue weighted by atomic mass is 9.85. The minimum Gasteiger partial charge on any atom is -0.480 e. The maximum atomic E-state index is 11.3. The second kappa shape index (κ2) is 6.50. The molecule has 0 spiro atoms. The summed E-state index contributed by atoms with van der Waals surface area (Å²) in [5.74, 6) is -0.759. The Kier molecular flexibility index (Phi) is 5.56. The van der Waals surface area contributed by atoms with E-state index in [0.29, 0.717) is 19.1 Å². The van der Waals surface area contributed by atoms with Crippen LogP contribution in [0.25, 0.3) is 0 Å². The highest BCUT2D eigenvalue weighted by molar-refractivity contribution is 5.79. The molecule has 0 saturated heterocycles. The van der Waals surface area contributed by atoms with Crippen LogP contribution in [0.15, 0.2) is 0 Å². The number of methoxy groups -OCH3 is 1. The lowest BCUT2D eigenvalue weighted by Gasteiger charge is -2.30. The number of likely N-dealkylation sites (N-methyl/N-ethyl adjacent to an activating group) is 1. The van der Waals surface area contributed by atoms with Gasteiger partial charge in [0.05, 0.1) is 6.61 Å². The Balaban J connectivity index is 2.45. The Morgan fingerprint density at radius 2 is 2.33 bits per heavy atom. The first-order valence-electron chi connectivity index (χ1n) is 6.63. The number of hydrogen-bond acceptors (Lipinski definition) is 4. The van der Waals surface area contributed by atoms with Gasteiger partial charge in [0.1, 0.15) is 5.54 Å². The molecule has 1 fully saturated rings. The summed E-state index contributed by atoms with van der Waals surface area (Å²) in [4.78, 5) is 13.5. The standard InChI is InChI=1S/C13H26N2O3/c1-10(9-18-3)15(2)8-6-11-5-4-7-13(11,14)12(16)17/h10-11H,4-9,14H2,1-3H3,(H,16,17). The molecule has 3 unspecified atom stereocenters. The number of nitrogens with two attached hydrogens (primary N) is 1. The summed E-state index contributed by atoms with van der Waals surface area (Å²) in [6, 6.07) is 0.341. The van der Waals surface area contributed by atoms with Gasteiger partial charge < -0.3 is 20.5 Å². The van der Waals surface area contributed by atoms with Crippen LogP contribution >= 0.6 is 0 Å². The Morgan fingerprint density at radius 3 is 2.89 bits per heavy atom. The minimum absolute atomic E-state index is 0.0900. The van der Waals surface area contributed by atoms with Crippen LogP contribution in [0.1, 0.15) is 32.6 Å². The van der Waals surface area contributed by atoms with Crippen LogP contribution in [0.5, 0.6) is 0 Å². The van der Waals surface area contributed by atoms with Gasteiger partial charge in [-0.05, 0) is 45.7 Å². The second-order valence-corrected chi connectivity index (χ2v) is 5.51. The van der Waals surface area contributed by atoms with Crippen molar-refractivity contribution in [2.75, 3.05) is 27.3 Å². The molecule has 3 atom stereocenters. The molecule has 0 bridgehead atoms. The molecule has 5 nitrogen and oxygen atoms in total. The van der Waals surface area contributed by atoms with E-state index in [0.717, 1.165) is 25.8 Å². The molecular formula is C13H26N2O3. The third kappa shape index (κ3) is 3.43. The number of aliphatic carboxylic acids is 1. The average Bonchev–Trinajstić information content (AvgIpc) is 2.69. The third-order valence-corrected chi connectivity index (χ3v) is 4.26. The maximum Gasteiger partial charge on any atom is 0.323 e. The molecule has 1 rings (SSSR count). The topological polar surface area (TPSA) is 75.8 Å². The van der Waals surface area contributed by atoms with Crippen molar-refractivity contribution in [3.05, 3.63) is 0 Å². The summed E-state index contributed by atoms with van der Waals surface area (Å²) in [7, 11) is 3.73. The van der Waals surface area contributed by atoms with E-state index in [1.165, 1.54) is 0 Å². The third-order valence-electron chi connectivity index (χ3n) is 4.26. The molecular weight excluding hydrogens is 232 g/mol. The van der Waals surface area contributed by atoms with Gasteiger partial charge >= 0.3 is 5.97 Å². The predicted octanol–water partition coefficient (Wildman–Crippen LogP) is 0.925. The fraction of sp³-hybridized carbons (Fsp3) is 0.923. The zero-order valence-electron chi connectivity index (χ0n) is 11.7. The van der Waals surface area contributed by atoms with Gasteiger partial charge in [-0.15, -0.1) is 0 Å². The normalized spacial score (nSPS) is 29.7. The van der Waals surface area contributed by atoms with Crippen molar-refractivity contribution in [2.45, 2.75) is 44.2 Å². The summed E-state index contributed by atoms with van der Waals surface area (Å²) in [6.07, 6.45) is 3.29. The smallest absolute Gasteiger partial charge is 0.323 e. The minimum atomic E-state index is -1.01. The maximum absolute atomic E-state index is 11.3. The summed E-state index contributed by atoms with van der Waals surface area (Å²) < 4.78 is 5.12. The highest BCUT2D eigenvalue weighted by atomic mass is 16.5. The second-order valence-electron chi connectivity index (χ2n) is 5.51. The van der Waals surface area contributed by atoms with Crippen molar-refractivity contribution in [3.8, 4) is 0 Å². The molecule has 18 heavy (non-hydrogen) atoms. The largest absolute Gasteiger partial charge is 0.480 e. The molecule has 0 aliphatic heterocycles. The summed E-state index contributed by atoms with van der Waals surface area (Å²) in [5, 5.41) is 9.24. The molecule has 0 amide bonds. The highest BCUT2D eigenvalue weighted by Crippen LogP contribution is 2.36. The number of hydrogen-bond donors (Lipinski definition) is 2. The average molecular weight is 258 g/mol. The van der Waals surface area contributed by atoms with Crippen LogP contribution in [-0.4, -0.2) is 54.9 Å². The number of nitrogens with zero attached hydrogens (tertiary/aromatic N) is 1. The van der Waals surface area contributed by atoms with E-state index in [9.17, 15) is 9.90 Å². The molecule has 0 heterocycles. The molecule has 0 aromatic carbocycles. The molecule has 5 heteroatoms. The van der Waals surface area contributed by atoms with Crippen LogP contribution in [0, 0.1) is 5.92 Å². The number of carbonyl (C=O) groups is 1. The molecule has 3 N–H and O–H groups in total. The predicted molar refractivity (Wildman–Crippen MR) is 70.5 cm³/mol. The molecule has 106 valence electrons. The highest BCUT2D eigenvalue weighted by Gasteiger charge is 2.45. The van der Waals surface area contributed by atoms with Crippen LogP contribution in [-0.2, 0) is 9.53 Å². The van der Waals surface area contributed by atoms with Gasteiger partial charge in [0.25, 0.3) is 0 Å². The number of rotatable bonds is 7. The Morgan fingerprint density at radius 1 is 1.67 bits per heavy atom. The monoisotopic (exact) mass is 258 g/mol. The molecule has 0 aromatic rings. The molecule has 0 radical (unpaired) electrons. The van der Waals surface area contributed by atoms with E-state index in [4.69, 9.17) is 10.5 Å². The van der Waals surface area contributed by atoms with Crippen LogP contribution in [0.2, 0.25) is 0 Å². The Bertz CT molecular complexity index is 285. The van der Waals surface area contributed by atoms with Crippen LogP contribution < -0.4 is 5.73 Å². The Hall–Kier alpha value is -0.650. The van der Waals surface area contributed by atoms with Crippen molar-refractivity contribution in [2.24, 2.45) is 11.7 Å². The quantitative estimate of drug-likeness (QED) is 0.710. The first kappa shape index (κ1) is 15.4. The van der Waals surface area contributed by atoms with Gasteiger partial charge in [0.15, 0.2) is 0 Å². The zero-order valence-corrected chi connectivity index (χ0v) is 11.7. The lowest BCUT2D eigenvalue weighted by molar-refractivity contribution is -0.144. The van der Waals surface area contributed by atoms with E-state index < -0.39 is 11.5 Å². The molecule has 1 saturated carbocycles. The van der Waals surface area contributed by atoms with E-state index in [-0.39, 0.29) is 5.92 Å². The summed E-state index contributed by atoms with van der Waals surface area (Å²) >= 11 is 0. The van der Waals surface area contributed by atoms with Gasteiger partial charge in [-0.2, -0.15) is 0 Å². The van der Waals surface area contributed by atoms with Gasteiger partial charge in [0.2, 0.25) is 0 Å². The van der Waals surface area contributed by atoms with Crippen molar-refractivity contribution < 1.29 is 14.6 Å². The van der Waals surface area contributed by atoms with Gasteiger partial charge in [-0.1, -0.05) is 6.42 Å². The van der Waals surface area contributed by atoms with Gasteiger partial charge in [0, 0.05) is 13.2 Å². The van der Waals surface area contributed by atoms with Crippen molar-refractivity contribution in [1.82, 2.24) is 4.90 Å². The Labute approximate surface area is 109 Å². The summed E-state index contributed by atoms with van der Waals surface area (Å²) in [6.45, 7) is 3.65. The van der Waals surface area contributed by atoms with E-state index in [1.54, 1.807) is 7.11 Å². The number of carboxylic acid groups (broad SMARTS) is 1. The van der Waals surface area contributed by atoms with Crippen molar-refractivity contribution in [1.29, 1.82) is 0 Å². The number of carboxylic acids is 1. The van der Waals surface area contributed by atoms with Gasteiger partial charge in [-0.25, -0.2) is 0 Å². The molecule has 1 aliphatic carbocycles. The van der Waals surface area contributed by atoms with Gasteiger partial charge in [-0.3, -0.25) is 4.79 Å². The van der Waals surface area contributed by atoms with Crippen LogP contribution in [0.4, 0.5) is 0 Å². The lowest BCUT2D eigenvalue weighted by Crippen LogP contribution is -2.51. The van der Waals surface area contributed by atoms with Crippen molar-refractivity contribution >= 4 is 5.97 Å². The van der Waals surface area contributed by atoms with E-state index in [1.807, 2.05) is 7.05 Å². The van der Waals surface area contributed by atoms with Crippen molar-refractivity contribution in [3.63, 3.8) is 0 Å². The zero-order chi connectivity index (χ0) is 13.8. The van der Waals surface area contributed by atoms with Crippen LogP contribution in [0.3, 0.4) is 0 Å². The molecule has 1 aliphatic rings. The SMILES string of the molecule is COCC(C)N(C)CCC1CCCC1(N)C(=O)O. The molecule has 0 aromatic heterocycles. The van der Waals surface area contributed by atoms with E-state index >= 15 is 0 Å². The first-order chi connectivity index (χ1) is 8.41. The van der Waals surface area contributed by atoms with E-state index in [2.05, 4.69) is 11.8 Å². The fourth-order valence-corrected chi connectivity index (χ4v) is 2.73. The number of ether oxygens (including phenoxy) is 1. The first-order valence-corrected chi connectivity index (χ1v) is 6.63. The summed E-state index contributed by atoms with van der Waals surface area (Å²) in [5.41, 5.74) is 5.02. The fourth-order valence-electron chi connectivity index (χ4n) is 2.73.